The molecule has 0 radical (unpaired) electrons. The monoisotopic (exact) mass is 298 g/mol. The predicted octanol–water partition coefficient (Wildman–Crippen LogP) is 3.50. The van der Waals surface area contributed by atoms with Gasteiger partial charge in [0.05, 0.1) is 12.1 Å². The third-order valence-electron chi connectivity index (χ3n) is 3.33. The lowest BCUT2D eigenvalue weighted by Gasteiger charge is -2.22. The van der Waals surface area contributed by atoms with E-state index in [2.05, 4.69) is 17.6 Å². The molecule has 1 saturated heterocycles. The fraction of sp³-hybridized carbons (Fsp3) is 0.500. The minimum Gasteiger partial charge on any atom is -0.376 e. The Bertz CT molecular complexity index is 461. The van der Waals surface area contributed by atoms with E-state index in [0.717, 1.165) is 30.7 Å². The number of anilines is 1. The van der Waals surface area contributed by atoms with Crippen molar-refractivity contribution in [3.05, 3.63) is 28.8 Å². The maximum absolute atomic E-state index is 5.99. The number of rotatable bonds is 3. The SMILES string of the molecule is Cc1ccc(Cl)cc1NC(=S)NC(C)C1CCCO1. The lowest BCUT2D eigenvalue weighted by atomic mass is 10.1. The summed E-state index contributed by atoms with van der Waals surface area (Å²) in [5, 5.41) is 7.76. The first-order chi connectivity index (χ1) is 9.06. The number of hydrogen-bond donors (Lipinski definition) is 2. The van der Waals surface area contributed by atoms with Gasteiger partial charge in [-0.3, -0.25) is 0 Å². The van der Waals surface area contributed by atoms with Crippen molar-refractivity contribution in [3.8, 4) is 0 Å². The molecule has 0 saturated carbocycles. The van der Waals surface area contributed by atoms with Crippen LogP contribution in [-0.2, 0) is 4.74 Å². The van der Waals surface area contributed by atoms with E-state index in [1.165, 1.54) is 0 Å². The molecule has 1 heterocycles. The lowest BCUT2D eigenvalue weighted by Crippen LogP contribution is -2.42. The molecule has 2 unspecified atom stereocenters. The molecule has 0 aliphatic carbocycles. The lowest BCUT2D eigenvalue weighted by molar-refractivity contribution is 0.0895. The molecule has 5 heteroatoms. The van der Waals surface area contributed by atoms with Crippen molar-refractivity contribution in [2.75, 3.05) is 11.9 Å². The van der Waals surface area contributed by atoms with E-state index in [1.54, 1.807) is 0 Å². The van der Waals surface area contributed by atoms with Gasteiger partial charge in [-0.05, 0) is 56.6 Å². The van der Waals surface area contributed by atoms with E-state index in [1.807, 2.05) is 25.1 Å². The van der Waals surface area contributed by atoms with Gasteiger partial charge in [-0.15, -0.1) is 0 Å². The molecule has 1 fully saturated rings. The summed E-state index contributed by atoms with van der Waals surface area (Å²) in [5.74, 6) is 0. The molecule has 2 atom stereocenters. The van der Waals surface area contributed by atoms with Gasteiger partial charge in [-0.2, -0.15) is 0 Å². The normalized spacial score (nSPS) is 20.1. The highest BCUT2D eigenvalue weighted by Crippen LogP contribution is 2.20. The summed E-state index contributed by atoms with van der Waals surface area (Å²) >= 11 is 11.3. The number of nitrogens with one attached hydrogen (secondary N) is 2. The summed E-state index contributed by atoms with van der Waals surface area (Å²) in [6.45, 7) is 4.96. The molecule has 0 spiro atoms. The molecule has 1 aliphatic rings. The zero-order valence-electron chi connectivity index (χ0n) is 11.2. The van der Waals surface area contributed by atoms with Crippen LogP contribution < -0.4 is 10.6 Å². The second-order valence-electron chi connectivity index (χ2n) is 4.90. The van der Waals surface area contributed by atoms with Crippen LogP contribution in [0.15, 0.2) is 18.2 Å². The third-order valence-corrected chi connectivity index (χ3v) is 3.78. The second kappa shape index (κ2) is 6.55. The summed E-state index contributed by atoms with van der Waals surface area (Å²) in [6.07, 6.45) is 2.47. The summed E-state index contributed by atoms with van der Waals surface area (Å²) < 4.78 is 5.64. The third kappa shape index (κ3) is 4.06. The van der Waals surface area contributed by atoms with Crippen molar-refractivity contribution in [1.82, 2.24) is 5.32 Å². The summed E-state index contributed by atoms with van der Waals surface area (Å²) in [7, 11) is 0. The Labute approximate surface area is 124 Å². The molecular weight excluding hydrogens is 280 g/mol. The molecule has 2 N–H and O–H groups in total. The Kier molecular flexibility index (Phi) is 5.02. The number of benzene rings is 1. The van der Waals surface area contributed by atoms with Crippen LogP contribution in [0.2, 0.25) is 5.02 Å². The van der Waals surface area contributed by atoms with Crippen LogP contribution >= 0.6 is 23.8 Å². The Morgan fingerprint density at radius 1 is 1.53 bits per heavy atom. The molecule has 0 bridgehead atoms. The van der Waals surface area contributed by atoms with E-state index < -0.39 is 0 Å². The van der Waals surface area contributed by atoms with Crippen LogP contribution in [-0.4, -0.2) is 23.9 Å². The van der Waals surface area contributed by atoms with E-state index >= 15 is 0 Å². The maximum Gasteiger partial charge on any atom is 0.171 e. The minimum absolute atomic E-state index is 0.210. The van der Waals surface area contributed by atoms with Crippen molar-refractivity contribution in [3.63, 3.8) is 0 Å². The van der Waals surface area contributed by atoms with Gasteiger partial charge < -0.3 is 15.4 Å². The fourth-order valence-corrected chi connectivity index (χ4v) is 2.65. The highest BCUT2D eigenvalue weighted by Gasteiger charge is 2.22. The van der Waals surface area contributed by atoms with Gasteiger partial charge in [0, 0.05) is 17.3 Å². The van der Waals surface area contributed by atoms with Crippen molar-refractivity contribution < 1.29 is 4.74 Å². The first kappa shape index (κ1) is 14.6. The highest BCUT2D eigenvalue weighted by molar-refractivity contribution is 7.80. The van der Waals surface area contributed by atoms with Gasteiger partial charge in [0.2, 0.25) is 0 Å². The van der Waals surface area contributed by atoms with Gasteiger partial charge in [0.1, 0.15) is 0 Å². The Morgan fingerprint density at radius 2 is 2.32 bits per heavy atom. The predicted molar refractivity (Wildman–Crippen MR) is 84.0 cm³/mol. The number of thiocarbonyl (C=S) groups is 1. The van der Waals surface area contributed by atoms with Gasteiger partial charge in [0.25, 0.3) is 0 Å². The van der Waals surface area contributed by atoms with E-state index in [-0.39, 0.29) is 12.1 Å². The van der Waals surface area contributed by atoms with Crippen LogP contribution in [0.5, 0.6) is 0 Å². The van der Waals surface area contributed by atoms with E-state index in [0.29, 0.717) is 10.1 Å². The largest absolute Gasteiger partial charge is 0.376 e. The highest BCUT2D eigenvalue weighted by atomic mass is 35.5. The van der Waals surface area contributed by atoms with Crippen molar-refractivity contribution in [1.29, 1.82) is 0 Å². The van der Waals surface area contributed by atoms with Crippen LogP contribution in [0.1, 0.15) is 25.3 Å². The molecule has 0 amide bonds. The topological polar surface area (TPSA) is 33.3 Å². The first-order valence-corrected chi connectivity index (χ1v) is 7.30. The molecule has 1 aliphatic heterocycles. The summed E-state index contributed by atoms with van der Waals surface area (Å²) in [4.78, 5) is 0. The average molecular weight is 299 g/mol. The van der Waals surface area contributed by atoms with Gasteiger partial charge >= 0.3 is 0 Å². The smallest absolute Gasteiger partial charge is 0.171 e. The number of hydrogen-bond acceptors (Lipinski definition) is 2. The van der Waals surface area contributed by atoms with Crippen LogP contribution in [0.4, 0.5) is 5.69 Å². The van der Waals surface area contributed by atoms with Gasteiger partial charge in [-0.25, -0.2) is 0 Å². The number of ether oxygens (including phenoxy) is 1. The molecule has 1 aromatic carbocycles. The average Bonchev–Trinajstić information content (AvgIpc) is 2.87. The Morgan fingerprint density at radius 3 is 3.00 bits per heavy atom. The quantitative estimate of drug-likeness (QED) is 0.837. The molecule has 104 valence electrons. The molecule has 3 nitrogen and oxygen atoms in total. The summed E-state index contributed by atoms with van der Waals surface area (Å²) in [5.41, 5.74) is 2.04. The van der Waals surface area contributed by atoms with Crippen LogP contribution in [0.3, 0.4) is 0 Å². The van der Waals surface area contributed by atoms with Gasteiger partial charge in [-0.1, -0.05) is 17.7 Å². The molecule has 2 rings (SSSR count). The maximum atomic E-state index is 5.99. The van der Waals surface area contributed by atoms with E-state index in [9.17, 15) is 0 Å². The fourth-order valence-electron chi connectivity index (χ4n) is 2.18. The molecule has 0 aromatic heterocycles. The Balaban J connectivity index is 1.91. The zero-order chi connectivity index (χ0) is 13.8. The van der Waals surface area contributed by atoms with E-state index in [4.69, 9.17) is 28.6 Å². The molecule has 1 aromatic rings. The standard InChI is InChI=1S/C14H19ClN2OS/c1-9-5-6-11(15)8-12(9)17-14(19)16-10(2)13-4-3-7-18-13/h5-6,8,10,13H,3-4,7H2,1-2H3,(H2,16,17,19). The van der Waals surface area contributed by atoms with Crippen LogP contribution in [0, 0.1) is 6.92 Å². The van der Waals surface area contributed by atoms with Crippen molar-refractivity contribution in [2.24, 2.45) is 0 Å². The zero-order valence-corrected chi connectivity index (χ0v) is 12.8. The summed E-state index contributed by atoms with van der Waals surface area (Å²) in [6, 6.07) is 5.92. The van der Waals surface area contributed by atoms with Gasteiger partial charge in [0.15, 0.2) is 5.11 Å². The molecule has 19 heavy (non-hydrogen) atoms. The van der Waals surface area contributed by atoms with Crippen molar-refractivity contribution in [2.45, 2.75) is 38.8 Å². The number of aryl methyl sites for hydroxylation is 1. The first-order valence-electron chi connectivity index (χ1n) is 6.51. The minimum atomic E-state index is 0.210. The van der Waals surface area contributed by atoms with Crippen LogP contribution in [0.25, 0.3) is 0 Å². The number of halogens is 1. The Hall–Kier alpha value is -0.840. The second-order valence-corrected chi connectivity index (χ2v) is 5.74. The van der Waals surface area contributed by atoms with Crippen molar-refractivity contribution >= 4 is 34.6 Å². The molecular formula is C14H19ClN2OS.